The Bertz CT molecular complexity index is 486. The van der Waals surface area contributed by atoms with Crippen molar-refractivity contribution in [1.82, 2.24) is 0 Å². The van der Waals surface area contributed by atoms with E-state index in [-0.39, 0.29) is 17.3 Å². The lowest BCUT2D eigenvalue weighted by Gasteiger charge is -2.21. The van der Waals surface area contributed by atoms with Crippen molar-refractivity contribution in [2.24, 2.45) is 11.1 Å². The Morgan fingerprint density at radius 1 is 1.32 bits per heavy atom. The fourth-order valence-corrected chi connectivity index (χ4v) is 1.45. The molecule has 0 radical (unpaired) electrons. The van der Waals surface area contributed by atoms with Gasteiger partial charge in [0.05, 0.1) is 11.0 Å². The number of halogens is 4. The summed E-state index contributed by atoms with van der Waals surface area (Å²) < 4.78 is 37.8. The third kappa shape index (κ3) is 4.11. The summed E-state index contributed by atoms with van der Waals surface area (Å²) >= 11 is 5.61. The molecule has 0 fully saturated rings. The van der Waals surface area contributed by atoms with Gasteiger partial charge in [0, 0.05) is 17.3 Å². The average molecular weight is 295 g/mol. The summed E-state index contributed by atoms with van der Waals surface area (Å²) in [5.41, 5.74) is 3.62. The first-order valence-electron chi connectivity index (χ1n) is 5.45. The molecule has 19 heavy (non-hydrogen) atoms. The molecule has 1 aromatic rings. The zero-order valence-electron chi connectivity index (χ0n) is 10.4. The van der Waals surface area contributed by atoms with Gasteiger partial charge in [-0.1, -0.05) is 11.6 Å². The lowest BCUT2D eigenvalue weighted by atomic mass is 9.92. The van der Waals surface area contributed by atoms with Gasteiger partial charge in [0.1, 0.15) is 0 Å². The molecule has 0 heterocycles. The number of benzene rings is 1. The molecule has 0 aliphatic heterocycles. The summed E-state index contributed by atoms with van der Waals surface area (Å²) in [5, 5.41) is 2.28. The van der Waals surface area contributed by atoms with Crippen molar-refractivity contribution in [1.29, 1.82) is 0 Å². The number of nitrogens with one attached hydrogen (secondary N) is 1. The van der Waals surface area contributed by atoms with E-state index in [9.17, 15) is 18.0 Å². The molecule has 106 valence electrons. The fourth-order valence-electron chi connectivity index (χ4n) is 1.22. The largest absolute Gasteiger partial charge is 0.416 e. The van der Waals surface area contributed by atoms with Crippen LogP contribution in [0.5, 0.6) is 0 Å². The first-order valence-corrected chi connectivity index (χ1v) is 5.83. The second-order valence-corrected chi connectivity index (χ2v) is 5.20. The van der Waals surface area contributed by atoms with Gasteiger partial charge in [-0.05, 0) is 32.0 Å². The Balaban J connectivity index is 3.03. The molecule has 3 nitrogen and oxygen atoms in total. The second-order valence-electron chi connectivity index (χ2n) is 4.77. The van der Waals surface area contributed by atoms with Crippen molar-refractivity contribution < 1.29 is 18.0 Å². The standard InChI is InChI=1S/C12H14ClF3N2O/c1-11(2,6-17)10(19)18-9-4-7(12(14,15)16)3-8(13)5-9/h3-5H,6,17H2,1-2H3,(H,18,19). The van der Waals surface area contributed by atoms with Crippen LogP contribution in [0.1, 0.15) is 19.4 Å². The Hall–Kier alpha value is -1.27. The zero-order chi connectivity index (χ0) is 14.8. The fraction of sp³-hybridized carbons (Fsp3) is 0.417. The van der Waals surface area contributed by atoms with E-state index >= 15 is 0 Å². The van der Waals surface area contributed by atoms with Gasteiger partial charge in [-0.3, -0.25) is 4.79 Å². The second kappa shape index (κ2) is 5.38. The molecule has 1 rings (SSSR count). The molecular formula is C12H14ClF3N2O. The third-order valence-electron chi connectivity index (χ3n) is 2.61. The van der Waals surface area contributed by atoms with Crippen molar-refractivity contribution in [3.63, 3.8) is 0 Å². The molecule has 1 amide bonds. The number of rotatable bonds is 3. The summed E-state index contributed by atoms with van der Waals surface area (Å²) in [6.07, 6.45) is -4.52. The summed E-state index contributed by atoms with van der Waals surface area (Å²) in [6, 6.07) is 2.88. The van der Waals surface area contributed by atoms with Gasteiger partial charge in [-0.2, -0.15) is 13.2 Å². The van der Waals surface area contributed by atoms with Crippen LogP contribution in [0.2, 0.25) is 5.02 Å². The third-order valence-corrected chi connectivity index (χ3v) is 2.83. The first kappa shape index (κ1) is 15.8. The van der Waals surface area contributed by atoms with E-state index in [4.69, 9.17) is 17.3 Å². The van der Waals surface area contributed by atoms with Crippen molar-refractivity contribution in [3.8, 4) is 0 Å². The Kier molecular flexibility index (Phi) is 4.47. The van der Waals surface area contributed by atoms with Gasteiger partial charge in [-0.25, -0.2) is 0 Å². The topological polar surface area (TPSA) is 55.1 Å². The Labute approximate surface area is 113 Å². The van der Waals surface area contributed by atoms with Crippen LogP contribution in [0.4, 0.5) is 18.9 Å². The molecule has 0 saturated carbocycles. The van der Waals surface area contributed by atoms with Gasteiger partial charge in [-0.15, -0.1) is 0 Å². The van der Waals surface area contributed by atoms with Crippen LogP contribution >= 0.6 is 11.6 Å². The van der Waals surface area contributed by atoms with E-state index in [1.54, 1.807) is 13.8 Å². The van der Waals surface area contributed by atoms with Crippen molar-refractivity contribution in [2.75, 3.05) is 11.9 Å². The van der Waals surface area contributed by atoms with Crippen LogP contribution in [0.3, 0.4) is 0 Å². The van der Waals surface area contributed by atoms with Crippen LogP contribution in [0.25, 0.3) is 0 Å². The van der Waals surface area contributed by atoms with Gasteiger partial charge in [0.25, 0.3) is 0 Å². The Morgan fingerprint density at radius 2 is 1.89 bits per heavy atom. The minimum atomic E-state index is -4.52. The normalized spacial score (nSPS) is 12.4. The molecule has 0 aromatic heterocycles. The molecule has 0 saturated heterocycles. The summed E-state index contributed by atoms with van der Waals surface area (Å²) in [6.45, 7) is 3.26. The van der Waals surface area contributed by atoms with E-state index in [1.807, 2.05) is 0 Å². The first-order chi connectivity index (χ1) is 8.56. The molecule has 0 unspecified atom stereocenters. The lowest BCUT2D eigenvalue weighted by molar-refractivity contribution is -0.137. The molecular weight excluding hydrogens is 281 g/mol. The quantitative estimate of drug-likeness (QED) is 0.899. The molecule has 7 heteroatoms. The minimum absolute atomic E-state index is 0.00801. The molecule has 0 bridgehead atoms. The lowest BCUT2D eigenvalue weighted by Crippen LogP contribution is -2.37. The summed E-state index contributed by atoms with van der Waals surface area (Å²) in [5.74, 6) is -0.467. The number of nitrogens with two attached hydrogens (primary N) is 1. The van der Waals surface area contributed by atoms with Gasteiger partial charge in [0.15, 0.2) is 0 Å². The number of anilines is 1. The van der Waals surface area contributed by atoms with Crippen molar-refractivity contribution in [2.45, 2.75) is 20.0 Å². The van der Waals surface area contributed by atoms with E-state index in [0.717, 1.165) is 12.1 Å². The van der Waals surface area contributed by atoms with Crippen LogP contribution in [-0.2, 0) is 11.0 Å². The summed E-state index contributed by atoms with van der Waals surface area (Å²) in [7, 11) is 0. The maximum atomic E-state index is 12.6. The maximum absolute atomic E-state index is 12.6. The predicted octanol–water partition coefficient (Wildman–Crippen LogP) is 3.28. The number of hydrogen-bond acceptors (Lipinski definition) is 2. The monoisotopic (exact) mass is 294 g/mol. The molecule has 0 spiro atoms. The van der Waals surface area contributed by atoms with Gasteiger partial charge in [0.2, 0.25) is 5.91 Å². The molecule has 3 N–H and O–H groups in total. The van der Waals surface area contributed by atoms with Crippen molar-refractivity contribution >= 4 is 23.2 Å². The van der Waals surface area contributed by atoms with Crippen LogP contribution in [0.15, 0.2) is 18.2 Å². The number of carbonyl (C=O) groups is 1. The van der Waals surface area contributed by atoms with Gasteiger partial charge < -0.3 is 11.1 Å². The number of amides is 1. The molecule has 0 aliphatic carbocycles. The Morgan fingerprint density at radius 3 is 2.37 bits per heavy atom. The van der Waals surface area contributed by atoms with E-state index < -0.39 is 23.1 Å². The van der Waals surface area contributed by atoms with Gasteiger partial charge >= 0.3 is 6.18 Å². The highest BCUT2D eigenvalue weighted by molar-refractivity contribution is 6.31. The smallest absolute Gasteiger partial charge is 0.329 e. The number of carbonyl (C=O) groups excluding carboxylic acids is 1. The van der Waals surface area contributed by atoms with E-state index in [1.165, 1.54) is 6.07 Å². The van der Waals surface area contributed by atoms with Crippen molar-refractivity contribution in [3.05, 3.63) is 28.8 Å². The maximum Gasteiger partial charge on any atom is 0.416 e. The molecule has 0 atom stereocenters. The highest BCUT2D eigenvalue weighted by atomic mass is 35.5. The zero-order valence-corrected chi connectivity index (χ0v) is 11.2. The number of hydrogen-bond donors (Lipinski definition) is 2. The average Bonchev–Trinajstić information content (AvgIpc) is 2.27. The van der Waals surface area contributed by atoms with Crippen LogP contribution in [-0.4, -0.2) is 12.5 Å². The SMILES string of the molecule is CC(C)(CN)C(=O)Nc1cc(Cl)cc(C(F)(F)F)c1. The van der Waals surface area contributed by atoms with Crippen LogP contribution < -0.4 is 11.1 Å². The number of alkyl halides is 3. The highest BCUT2D eigenvalue weighted by Crippen LogP contribution is 2.33. The summed E-state index contributed by atoms with van der Waals surface area (Å²) in [4.78, 5) is 11.8. The molecule has 0 aliphatic rings. The van der Waals surface area contributed by atoms with Crippen LogP contribution in [0, 0.1) is 5.41 Å². The molecule has 1 aromatic carbocycles. The predicted molar refractivity (Wildman–Crippen MR) is 67.9 cm³/mol. The van der Waals surface area contributed by atoms with E-state index in [0.29, 0.717) is 0 Å². The minimum Gasteiger partial charge on any atom is -0.329 e. The highest BCUT2D eigenvalue weighted by Gasteiger charge is 2.32. The van der Waals surface area contributed by atoms with E-state index in [2.05, 4.69) is 5.32 Å².